The molecule has 0 spiro atoms. The molecule has 0 fully saturated rings. The Morgan fingerprint density at radius 3 is 2.67 bits per heavy atom. The third-order valence-corrected chi connectivity index (χ3v) is 4.11. The topological polar surface area (TPSA) is 36.4 Å². The van der Waals surface area contributed by atoms with Crippen LogP contribution in [0.15, 0.2) is 46.8 Å². The van der Waals surface area contributed by atoms with E-state index >= 15 is 0 Å². The lowest BCUT2D eigenvalue weighted by Gasteiger charge is -2.10. The first-order valence-electron chi connectivity index (χ1n) is 7.07. The molecule has 5 heteroatoms. The van der Waals surface area contributed by atoms with Crippen molar-refractivity contribution in [1.29, 1.82) is 0 Å². The smallest absolute Gasteiger partial charge is 0.191 e. The van der Waals surface area contributed by atoms with Gasteiger partial charge in [-0.2, -0.15) is 0 Å². The molecular weight excluding hydrogens is 302 g/mol. The summed E-state index contributed by atoms with van der Waals surface area (Å²) in [7, 11) is 0. The van der Waals surface area contributed by atoms with Crippen molar-refractivity contribution in [2.45, 2.75) is 19.9 Å². The second-order valence-electron chi connectivity index (χ2n) is 4.58. The van der Waals surface area contributed by atoms with Gasteiger partial charge in [0.15, 0.2) is 5.96 Å². The molecule has 0 unspecified atom stereocenters. The van der Waals surface area contributed by atoms with Crippen molar-refractivity contribution in [2.24, 2.45) is 4.99 Å². The van der Waals surface area contributed by atoms with Crippen LogP contribution in [0.5, 0.6) is 0 Å². The minimum absolute atomic E-state index is 0.644. The van der Waals surface area contributed by atoms with E-state index in [4.69, 9.17) is 11.6 Å². The first-order chi connectivity index (χ1) is 10.3. The van der Waals surface area contributed by atoms with Gasteiger partial charge in [0.2, 0.25) is 0 Å². The van der Waals surface area contributed by atoms with Gasteiger partial charge in [0.1, 0.15) is 0 Å². The number of hydrogen-bond acceptors (Lipinski definition) is 2. The van der Waals surface area contributed by atoms with Crippen LogP contribution in [0.3, 0.4) is 0 Å². The molecule has 21 heavy (non-hydrogen) atoms. The normalized spacial score (nSPS) is 11.4. The van der Waals surface area contributed by atoms with Gasteiger partial charge in [-0.3, -0.25) is 0 Å². The van der Waals surface area contributed by atoms with E-state index in [1.807, 2.05) is 24.3 Å². The molecule has 0 aliphatic carbocycles. The van der Waals surface area contributed by atoms with E-state index in [0.29, 0.717) is 6.54 Å². The maximum atomic E-state index is 5.88. The monoisotopic (exact) mass is 321 g/mol. The van der Waals surface area contributed by atoms with Crippen LogP contribution in [0.2, 0.25) is 5.02 Å². The van der Waals surface area contributed by atoms with Gasteiger partial charge in [0.05, 0.1) is 6.54 Å². The van der Waals surface area contributed by atoms with Crippen molar-refractivity contribution in [1.82, 2.24) is 10.6 Å². The fourth-order valence-corrected chi connectivity index (χ4v) is 2.70. The highest BCUT2D eigenvalue weighted by atomic mass is 35.5. The third-order valence-electron chi connectivity index (χ3n) is 2.92. The summed E-state index contributed by atoms with van der Waals surface area (Å²) in [6.07, 6.45) is 1.02. The Morgan fingerprint density at radius 1 is 1.19 bits per heavy atom. The predicted octanol–water partition coefficient (Wildman–Crippen LogP) is 3.70. The molecule has 0 saturated heterocycles. The van der Waals surface area contributed by atoms with E-state index < -0.39 is 0 Å². The molecule has 112 valence electrons. The number of guanidine groups is 1. The standard InChI is InChI=1S/C16H20ClN3S/c1-2-18-16(19-10-9-15-4-3-11-21-15)20-12-13-5-7-14(17)8-6-13/h3-8,11H,2,9-10,12H2,1H3,(H2,18,19,20). The largest absolute Gasteiger partial charge is 0.357 e. The molecule has 0 saturated carbocycles. The van der Waals surface area contributed by atoms with Crippen molar-refractivity contribution < 1.29 is 0 Å². The van der Waals surface area contributed by atoms with Crippen LogP contribution in [-0.4, -0.2) is 19.0 Å². The summed E-state index contributed by atoms with van der Waals surface area (Å²) in [5, 5.41) is 9.48. The molecule has 0 aliphatic rings. The summed E-state index contributed by atoms with van der Waals surface area (Å²) in [6, 6.07) is 12.0. The number of halogens is 1. The maximum absolute atomic E-state index is 5.88. The lowest BCUT2D eigenvalue weighted by molar-refractivity contribution is 0.804. The van der Waals surface area contributed by atoms with Gasteiger partial charge in [-0.25, -0.2) is 4.99 Å². The van der Waals surface area contributed by atoms with Gasteiger partial charge < -0.3 is 10.6 Å². The summed E-state index contributed by atoms with van der Waals surface area (Å²) in [4.78, 5) is 5.97. The molecule has 2 rings (SSSR count). The van der Waals surface area contributed by atoms with E-state index in [2.05, 4.69) is 40.1 Å². The van der Waals surface area contributed by atoms with E-state index in [9.17, 15) is 0 Å². The molecule has 0 radical (unpaired) electrons. The number of nitrogens with one attached hydrogen (secondary N) is 2. The second kappa shape index (κ2) is 8.70. The van der Waals surface area contributed by atoms with Gasteiger partial charge in [0, 0.05) is 23.0 Å². The highest BCUT2D eigenvalue weighted by Gasteiger charge is 1.99. The molecule has 1 aromatic heterocycles. The Balaban J connectivity index is 1.84. The average molecular weight is 322 g/mol. The fourth-order valence-electron chi connectivity index (χ4n) is 1.86. The average Bonchev–Trinajstić information content (AvgIpc) is 3.00. The Kier molecular flexibility index (Phi) is 6.57. The molecular formula is C16H20ClN3S. The van der Waals surface area contributed by atoms with Gasteiger partial charge in [-0.05, 0) is 42.5 Å². The Morgan fingerprint density at radius 2 is 2.00 bits per heavy atom. The Bertz CT molecular complexity index is 549. The molecule has 0 aliphatic heterocycles. The molecule has 3 nitrogen and oxygen atoms in total. The molecule has 0 amide bonds. The van der Waals surface area contributed by atoms with Crippen molar-refractivity contribution in [3.63, 3.8) is 0 Å². The molecule has 1 heterocycles. The van der Waals surface area contributed by atoms with Crippen molar-refractivity contribution in [2.75, 3.05) is 13.1 Å². The van der Waals surface area contributed by atoms with Crippen molar-refractivity contribution in [3.8, 4) is 0 Å². The quantitative estimate of drug-likeness (QED) is 0.628. The number of hydrogen-bond donors (Lipinski definition) is 2. The van der Waals surface area contributed by atoms with Crippen LogP contribution in [0, 0.1) is 0 Å². The molecule has 0 bridgehead atoms. The minimum atomic E-state index is 0.644. The van der Waals surface area contributed by atoms with Crippen LogP contribution in [0.1, 0.15) is 17.4 Å². The predicted molar refractivity (Wildman–Crippen MR) is 92.3 cm³/mol. The van der Waals surface area contributed by atoms with Gasteiger partial charge in [-0.1, -0.05) is 29.8 Å². The maximum Gasteiger partial charge on any atom is 0.191 e. The summed E-state index contributed by atoms with van der Waals surface area (Å²) in [5.41, 5.74) is 1.15. The van der Waals surface area contributed by atoms with E-state index in [1.165, 1.54) is 4.88 Å². The highest BCUT2D eigenvalue weighted by Crippen LogP contribution is 2.10. The molecule has 2 aromatic rings. The Hall–Kier alpha value is -1.52. The van der Waals surface area contributed by atoms with Gasteiger partial charge >= 0.3 is 0 Å². The second-order valence-corrected chi connectivity index (χ2v) is 6.05. The first-order valence-corrected chi connectivity index (χ1v) is 8.32. The highest BCUT2D eigenvalue weighted by molar-refractivity contribution is 7.09. The SMILES string of the molecule is CCNC(=NCc1ccc(Cl)cc1)NCCc1cccs1. The number of rotatable bonds is 6. The van der Waals surface area contributed by atoms with Crippen molar-refractivity contribution in [3.05, 3.63) is 57.2 Å². The zero-order valence-electron chi connectivity index (χ0n) is 12.1. The zero-order valence-corrected chi connectivity index (χ0v) is 13.7. The molecule has 1 aromatic carbocycles. The summed E-state index contributed by atoms with van der Waals surface area (Å²) in [6.45, 7) is 4.45. The van der Waals surface area contributed by atoms with E-state index in [1.54, 1.807) is 11.3 Å². The van der Waals surface area contributed by atoms with Crippen LogP contribution < -0.4 is 10.6 Å². The summed E-state index contributed by atoms with van der Waals surface area (Å²) < 4.78 is 0. The fraction of sp³-hybridized carbons (Fsp3) is 0.312. The number of aliphatic imine (C=N–C) groups is 1. The van der Waals surface area contributed by atoms with E-state index in [0.717, 1.165) is 36.1 Å². The number of thiophene rings is 1. The van der Waals surface area contributed by atoms with Gasteiger partial charge in [0.25, 0.3) is 0 Å². The number of benzene rings is 1. The minimum Gasteiger partial charge on any atom is -0.357 e. The van der Waals surface area contributed by atoms with Crippen LogP contribution in [0.25, 0.3) is 0 Å². The Labute approximate surface area is 135 Å². The summed E-state index contributed by atoms with van der Waals surface area (Å²) >= 11 is 7.67. The lowest BCUT2D eigenvalue weighted by atomic mass is 10.2. The lowest BCUT2D eigenvalue weighted by Crippen LogP contribution is -2.38. The molecule has 0 atom stereocenters. The van der Waals surface area contributed by atoms with Crippen LogP contribution in [-0.2, 0) is 13.0 Å². The van der Waals surface area contributed by atoms with Crippen LogP contribution >= 0.6 is 22.9 Å². The summed E-state index contributed by atoms with van der Waals surface area (Å²) in [5.74, 6) is 0.851. The van der Waals surface area contributed by atoms with E-state index in [-0.39, 0.29) is 0 Å². The number of nitrogens with zero attached hydrogens (tertiary/aromatic N) is 1. The molecule has 2 N–H and O–H groups in total. The van der Waals surface area contributed by atoms with Crippen molar-refractivity contribution >= 4 is 28.9 Å². The third kappa shape index (κ3) is 5.78. The first kappa shape index (κ1) is 15.9. The van der Waals surface area contributed by atoms with Gasteiger partial charge in [-0.15, -0.1) is 11.3 Å². The zero-order chi connectivity index (χ0) is 14.9. The van der Waals surface area contributed by atoms with Crippen LogP contribution in [0.4, 0.5) is 0 Å².